The van der Waals surface area contributed by atoms with E-state index in [0.717, 1.165) is 43.6 Å². The smallest absolute Gasteiger partial charge is 0.149 e. The summed E-state index contributed by atoms with van der Waals surface area (Å²) in [6, 6.07) is 1.80. The lowest BCUT2D eigenvalue weighted by molar-refractivity contribution is 0.394. The van der Waals surface area contributed by atoms with Crippen molar-refractivity contribution in [3.05, 3.63) is 16.1 Å². The Morgan fingerprint density at radius 3 is 2.55 bits per heavy atom. The van der Waals surface area contributed by atoms with Gasteiger partial charge in [-0.15, -0.1) is 0 Å². The molecule has 1 saturated heterocycles. The van der Waals surface area contributed by atoms with Crippen LogP contribution >= 0.6 is 23.2 Å². The van der Waals surface area contributed by atoms with Gasteiger partial charge in [0.1, 0.15) is 11.6 Å². The fourth-order valence-corrected chi connectivity index (χ4v) is 3.14. The normalized spacial score (nSPS) is 16.5. The molecule has 0 saturated carbocycles. The molecule has 1 N–H and O–H groups in total. The lowest BCUT2D eigenvalue weighted by atomic mass is 9.94. The van der Waals surface area contributed by atoms with E-state index in [1.54, 1.807) is 6.07 Å². The third-order valence-electron chi connectivity index (χ3n) is 3.94. The van der Waals surface area contributed by atoms with E-state index in [1.165, 1.54) is 19.3 Å². The van der Waals surface area contributed by atoms with Gasteiger partial charge in [-0.1, -0.05) is 43.5 Å². The van der Waals surface area contributed by atoms with E-state index in [9.17, 15) is 0 Å². The molecule has 0 aromatic carbocycles. The lowest BCUT2D eigenvalue weighted by Gasteiger charge is -2.33. The summed E-state index contributed by atoms with van der Waals surface area (Å²) < 4.78 is 0. The maximum Gasteiger partial charge on any atom is 0.149 e. The van der Waals surface area contributed by atoms with Crippen LogP contribution in [0.5, 0.6) is 0 Å². The van der Waals surface area contributed by atoms with E-state index < -0.39 is 0 Å². The molecule has 112 valence electrons. The van der Waals surface area contributed by atoms with Crippen LogP contribution in [0.2, 0.25) is 10.0 Å². The number of aromatic nitrogens is 1. The summed E-state index contributed by atoms with van der Waals surface area (Å²) in [5.41, 5.74) is 0. The molecule has 0 unspecified atom stereocenters. The maximum absolute atomic E-state index is 6.32. The van der Waals surface area contributed by atoms with Crippen molar-refractivity contribution in [2.75, 3.05) is 29.9 Å². The van der Waals surface area contributed by atoms with E-state index in [1.807, 2.05) is 0 Å². The van der Waals surface area contributed by atoms with Crippen molar-refractivity contribution in [1.29, 1.82) is 0 Å². The lowest BCUT2D eigenvalue weighted by Crippen LogP contribution is -2.34. The molecule has 0 amide bonds. The van der Waals surface area contributed by atoms with E-state index >= 15 is 0 Å². The van der Waals surface area contributed by atoms with Crippen molar-refractivity contribution < 1.29 is 0 Å². The molecule has 1 fully saturated rings. The van der Waals surface area contributed by atoms with Gasteiger partial charge in [0.15, 0.2) is 0 Å². The van der Waals surface area contributed by atoms with Gasteiger partial charge in [0, 0.05) is 19.6 Å². The summed E-state index contributed by atoms with van der Waals surface area (Å²) in [6.45, 7) is 7.31. The largest absolute Gasteiger partial charge is 0.369 e. The highest BCUT2D eigenvalue weighted by Gasteiger charge is 2.21. The fourth-order valence-electron chi connectivity index (χ4n) is 2.60. The second kappa shape index (κ2) is 7.37. The zero-order valence-electron chi connectivity index (χ0n) is 12.3. The van der Waals surface area contributed by atoms with Crippen LogP contribution in [0.1, 0.15) is 39.5 Å². The summed E-state index contributed by atoms with van der Waals surface area (Å²) in [5.74, 6) is 2.45. The summed E-state index contributed by atoms with van der Waals surface area (Å²) in [4.78, 5) is 6.91. The molecule has 1 aromatic rings. The van der Waals surface area contributed by atoms with Gasteiger partial charge in [-0.2, -0.15) is 0 Å². The van der Waals surface area contributed by atoms with Crippen molar-refractivity contribution in [2.24, 2.45) is 5.92 Å². The number of hydrogen-bond acceptors (Lipinski definition) is 3. The van der Waals surface area contributed by atoms with Crippen LogP contribution in [-0.4, -0.2) is 24.6 Å². The number of hydrogen-bond donors (Lipinski definition) is 1. The number of piperidine rings is 1. The average Bonchev–Trinajstić information content (AvgIpc) is 2.47. The highest BCUT2D eigenvalue weighted by Crippen LogP contribution is 2.33. The minimum Gasteiger partial charge on any atom is -0.369 e. The molecule has 1 aliphatic rings. The molecular formula is C15H23Cl2N3. The predicted molar refractivity (Wildman–Crippen MR) is 88.3 cm³/mol. The monoisotopic (exact) mass is 315 g/mol. The maximum atomic E-state index is 6.32. The first-order valence-electron chi connectivity index (χ1n) is 7.50. The number of anilines is 2. The van der Waals surface area contributed by atoms with Crippen molar-refractivity contribution in [3.63, 3.8) is 0 Å². The summed E-state index contributed by atoms with van der Waals surface area (Å²) in [5, 5.41) is 4.50. The zero-order valence-corrected chi connectivity index (χ0v) is 13.8. The van der Waals surface area contributed by atoms with Crippen LogP contribution in [-0.2, 0) is 0 Å². The van der Waals surface area contributed by atoms with Crippen LogP contribution in [0.25, 0.3) is 0 Å². The Labute approximate surface area is 131 Å². The predicted octanol–water partition coefficient (Wildman–Crippen LogP) is 4.84. The molecule has 20 heavy (non-hydrogen) atoms. The first-order valence-corrected chi connectivity index (χ1v) is 8.26. The van der Waals surface area contributed by atoms with Crippen molar-refractivity contribution >= 4 is 34.8 Å². The van der Waals surface area contributed by atoms with Gasteiger partial charge >= 0.3 is 0 Å². The Morgan fingerprint density at radius 2 is 1.95 bits per heavy atom. The van der Waals surface area contributed by atoms with Crippen molar-refractivity contribution in [3.8, 4) is 0 Å². The molecule has 1 aliphatic heterocycles. The standard InChI is InChI=1S/C15H23Cl2N3/c1-3-7-18-14-12(16)10-13(17)15(19-14)20-8-5-11(4-2)6-9-20/h10-11H,3-9H2,1-2H3,(H,18,19). The third-order valence-corrected chi connectivity index (χ3v) is 4.51. The summed E-state index contributed by atoms with van der Waals surface area (Å²) >= 11 is 12.5. The number of pyridine rings is 1. The van der Waals surface area contributed by atoms with Crippen molar-refractivity contribution in [1.82, 2.24) is 4.98 Å². The van der Waals surface area contributed by atoms with Gasteiger partial charge in [0.25, 0.3) is 0 Å². The Bertz CT molecular complexity index is 443. The topological polar surface area (TPSA) is 28.2 Å². The number of rotatable bonds is 5. The van der Waals surface area contributed by atoms with Crippen LogP contribution in [0.3, 0.4) is 0 Å². The molecule has 2 heterocycles. The Kier molecular flexibility index (Phi) is 5.79. The van der Waals surface area contributed by atoms with Crippen LogP contribution in [0, 0.1) is 5.92 Å². The molecule has 5 heteroatoms. The highest BCUT2D eigenvalue weighted by atomic mass is 35.5. The van der Waals surface area contributed by atoms with E-state index in [2.05, 4.69) is 29.0 Å². The SMILES string of the molecule is CCCNc1nc(N2CCC(CC)CC2)c(Cl)cc1Cl. The van der Waals surface area contributed by atoms with E-state index in [-0.39, 0.29) is 0 Å². The Morgan fingerprint density at radius 1 is 1.25 bits per heavy atom. The highest BCUT2D eigenvalue weighted by molar-refractivity contribution is 6.37. The van der Waals surface area contributed by atoms with Crippen molar-refractivity contribution in [2.45, 2.75) is 39.5 Å². The molecule has 0 aliphatic carbocycles. The first-order chi connectivity index (χ1) is 9.65. The van der Waals surface area contributed by atoms with Crippen LogP contribution < -0.4 is 10.2 Å². The molecular weight excluding hydrogens is 293 g/mol. The van der Waals surface area contributed by atoms with Crippen LogP contribution in [0.15, 0.2) is 6.07 Å². The van der Waals surface area contributed by atoms with Gasteiger partial charge in [0.05, 0.1) is 10.0 Å². The quantitative estimate of drug-likeness (QED) is 0.843. The second-order valence-corrected chi connectivity index (χ2v) is 6.20. The van der Waals surface area contributed by atoms with Gasteiger partial charge in [-0.3, -0.25) is 0 Å². The van der Waals surface area contributed by atoms with E-state index in [0.29, 0.717) is 10.0 Å². The average molecular weight is 316 g/mol. The number of nitrogens with zero attached hydrogens (tertiary/aromatic N) is 2. The fraction of sp³-hybridized carbons (Fsp3) is 0.667. The minimum absolute atomic E-state index is 0.593. The van der Waals surface area contributed by atoms with E-state index in [4.69, 9.17) is 23.2 Å². The van der Waals surface area contributed by atoms with Gasteiger partial charge in [-0.05, 0) is 31.2 Å². The number of halogens is 2. The van der Waals surface area contributed by atoms with Crippen LogP contribution in [0.4, 0.5) is 11.6 Å². The molecule has 0 bridgehead atoms. The first kappa shape index (κ1) is 15.7. The third kappa shape index (κ3) is 3.70. The molecule has 0 radical (unpaired) electrons. The zero-order chi connectivity index (χ0) is 14.5. The number of nitrogens with one attached hydrogen (secondary N) is 1. The summed E-state index contributed by atoms with van der Waals surface area (Å²) in [7, 11) is 0. The minimum atomic E-state index is 0.593. The second-order valence-electron chi connectivity index (χ2n) is 5.39. The van der Waals surface area contributed by atoms with Gasteiger partial charge in [-0.25, -0.2) is 4.98 Å². The molecule has 0 spiro atoms. The molecule has 0 atom stereocenters. The van der Waals surface area contributed by atoms with Gasteiger partial charge in [0.2, 0.25) is 0 Å². The van der Waals surface area contributed by atoms with Gasteiger partial charge < -0.3 is 10.2 Å². The summed E-state index contributed by atoms with van der Waals surface area (Å²) in [6.07, 6.45) is 4.74. The molecule has 3 nitrogen and oxygen atoms in total. The molecule has 1 aromatic heterocycles. The Balaban J connectivity index is 2.14. The molecule has 2 rings (SSSR count). The Hall–Kier alpha value is -0.670.